The number of carbonyl (C=O) groups excluding carboxylic acids is 1. The monoisotopic (exact) mass is 385 g/mol. The van der Waals surface area contributed by atoms with E-state index < -0.39 is 0 Å². The second-order valence-electron chi connectivity index (χ2n) is 5.98. The van der Waals surface area contributed by atoms with Crippen LogP contribution in [0.4, 0.5) is 0 Å². The first-order valence-electron chi connectivity index (χ1n) is 8.24. The number of hydrogen-bond acceptors (Lipinski definition) is 3. The van der Waals surface area contributed by atoms with Gasteiger partial charge in [0.05, 0.1) is 12.9 Å². The molecule has 0 bridgehead atoms. The Kier molecular flexibility index (Phi) is 5.74. The molecule has 0 N–H and O–H groups in total. The molecule has 0 fully saturated rings. The summed E-state index contributed by atoms with van der Waals surface area (Å²) in [6.07, 6.45) is 0. The van der Waals surface area contributed by atoms with E-state index in [1.807, 2.05) is 68.4 Å². The van der Waals surface area contributed by atoms with Crippen LogP contribution in [0.1, 0.15) is 21.7 Å². The first-order chi connectivity index (χ1) is 12.5. The first kappa shape index (κ1) is 18.6. The van der Waals surface area contributed by atoms with Crippen molar-refractivity contribution in [3.63, 3.8) is 0 Å². The molecule has 0 spiro atoms. The maximum Gasteiger partial charge on any atom is 0.174 e. The molecule has 1 aromatic heterocycles. The van der Waals surface area contributed by atoms with Crippen molar-refractivity contribution in [2.24, 2.45) is 0 Å². The maximum absolute atomic E-state index is 12.7. The number of ketones is 1. The van der Waals surface area contributed by atoms with Gasteiger partial charge in [0.2, 0.25) is 0 Å². The third-order valence-corrected chi connectivity index (χ3v) is 5.51. The summed E-state index contributed by atoms with van der Waals surface area (Å²) < 4.78 is 7.31. The van der Waals surface area contributed by atoms with Gasteiger partial charge in [-0.25, -0.2) is 0 Å². The highest BCUT2D eigenvalue weighted by Gasteiger charge is 2.17. The summed E-state index contributed by atoms with van der Waals surface area (Å²) >= 11 is 7.42. The van der Waals surface area contributed by atoms with Crippen LogP contribution in [0.5, 0.6) is 5.75 Å². The molecule has 0 unspecified atom stereocenters. The van der Waals surface area contributed by atoms with Crippen LogP contribution in [0.25, 0.3) is 5.69 Å². The van der Waals surface area contributed by atoms with Gasteiger partial charge in [-0.2, -0.15) is 0 Å². The van der Waals surface area contributed by atoms with Gasteiger partial charge in [0.1, 0.15) is 5.75 Å². The fraction of sp³-hybridized carbons (Fsp3) is 0.190. The average molecular weight is 386 g/mol. The van der Waals surface area contributed by atoms with E-state index in [-0.39, 0.29) is 5.78 Å². The quantitative estimate of drug-likeness (QED) is 0.401. The lowest BCUT2D eigenvalue weighted by molar-refractivity contribution is 0.102. The van der Waals surface area contributed by atoms with E-state index in [2.05, 4.69) is 4.57 Å². The van der Waals surface area contributed by atoms with Crippen molar-refractivity contribution >= 4 is 29.1 Å². The van der Waals surface area contributed by atoms with Crippen molar-refractivity contribution in [3.05, 3.63) is 76.6 Å². The number of halogens is 1. The van der Waals surface area contributed by atoms with Crippen LogP contribution in [0, 0.1) is 13.8 Å². The highest BCUT2D eigenvalue weighted by Crippen LogP contribution is 2.26. The molecule has 0 aliphatic heterocycles. The fourth-order valence-corrected chi connectivity index (χ4v) is 3.84. The van der Waals surface area contributed by atoms with E-state index in [0.717, 1.165) is 33.3 Å². The topological polar surface area (TPSA) is 31.2 Å². The number of aromatic nitrogens is 1. The number of nitrogens with zero attached hydrogens (tertiary/aromatic N) is 1. The van der Waals surface area contributed by atoms with Gasteiger partial charge in [0, 0.05) is 32.6 Å². The molecule has 1 heterocycles. The summed E-state index contributed by atoms with van der Waals surface area (Å²) in [6, 6.07) is 17.3. The normalized spacial score (nSPS) is 10.8. The summed E-state index contributed by atoms with van der Waals surface area (Å²) in [6.45, 7) is 4.00. The van der Waals surface area contributed by atoms with Gasteiger partial charge < -0.3 is 9.30 Å². The number of thioether (sulfide) groups is 1. The van der Waals surface area contributed by atoms with Crippen molar-refractivity contribution < 1.29 is 9.53 Å². The molecule has 3 nitrogen and oxygen atoms in total. The molecular weight excluding hydrogens is 366 g/mol. The molecule has 0 radical (unpaired) electrons. The lowest BCUT2D eigenvalue weighted by Gasteiger charge is -2.10. The summed E-state index contributed by atoms with van der Waals surface area (Å²) in [5.41, 5.74) is 3.77. The van der Waals surface area contributed by atoms with E-state index in [4.69, 9.17) is 16.3 Å². The SMILES string of the molecule is COc1ccc(-n2c(C)cc(C(=O)CSc3ccc(Cl)cc3)c2C)cc1. The molecule has 26 heavy (non-hydrogen) atoms. The molecule has 0 atom stereocenters. The largest absolute Gasteiger partial charge is 0.497 e. The standard InChI is InChI=1S/C21H20ClNO2S/c1-14-12-20(21(24)13-26-19-10-4-16(22)5-11-19)15(2)23(14)17-6-8-18(25-3)9-7-17/h4-12H,13H2,1-3H3. The molecule has 3 rings (SSSR count). The predicted molar refractivity (Wildman–Crippen MR) is 108 cm³/mol. The minimum absolute atomic E-state index is 0.123. The van der Waals surface area contributed by atoms with E-state index in [1.54, 1.807) is 7.11 Å². The molecule has 0 amide bonds. The fourth-order valence-electron chi connectivity index (χ4n) is 2.93. The number of hydrogen-bond donors (Lipinski definition) is 0. The van der Waals surface area contributed by atoms with E-state index in [1.165, 1.54) is 11.8 Å². The molecule has 0 saturated heterocycles. The Labute approximate surface area is 162 Å². The molecule has 3 aromatic rings. The van der Waals surface area contributed by atoms with Crippen molar-refractivity contribution in [2.75, 3.05) is 12.9 Å². The maximum atomic E-state index is 12.7. The Bertz CT molecular complexity index is 914. The van der Waals surface area contributed by atoms with Crippen molar-refractivity contribution in [1.82, 2.24) is 4.57 Å². The van der Waals surface area contributed by atoms with Gasteiger partial charge in [0.15, 0.2) is 5.78 Å². The number of Topliss-reactive ketones (excluding diaryl/α,β-unsaturated/α-hetero) is 1. The molecule has 0 aliphatic carbocycles. The van der Waals surface area contributed by atoms with Crippen LogP contribution in [0.2, 0.25) is 5.02 Å². The number of rotatable bonds is 6. The number of ether oxygens (including phenoxy) is 1. The summed E-state index contributed by atoms with van der Waals surface area (Å²) in [7, 11) is 1.65. The van der Waals surface area contributed by atoms with Crippen LogP contribution in [0.3, 0.4) is 0 Å². The summed E-state index contributed by atoms with van der Waals surface area (Å²) in [4.78, 5) is 13.8. The minimum atomic E-state index is 0.123. The van der Waals surface area contributed by atoms with Crippen molar-refractivity contribution in [2.45, 2.75) is 18.7 Å². The summed E-state index contributed by atoms with van der Waals surface area (Å²) in [5.74, 6) is 1.33. The van der Waals surface area contributed by atoms with Crippen LogP contribution in [-0.2, 0) is 0 Å². The van der Waals surface area contributed by atoms with Crippen LogP contribution < -0.4 is 4.74 Å². The second kappa shape index (κ2) is 8.02. The Morgan fingerprint density at radius 2 is 1.73 bits per heavy atom. The highest BCUT2D eigenvalue weighted by atomic mass is 35.5. The van der Waals surface area contributed by atoms with E-state index in [9.17, 15) is 4.79 Å². The third kappa shape index (κ3) is 3.97. The summed E-state index contributed by atoms with van der Waals surface area (Å²) in [5, 5.41) is 0.698. The first-order valence-corrected chi connectivity index (χ1v) is 9.61. The smallest absolute Gasteiger partial charge is 0.174 e. The molecule has 134 valence electrons. The van der Waals surface area contributed by atoms with Gasteiger partial charge >= 0.3 is 0 Å². The number of benzene rings is 2. The Morgan fingerprint density at radius 1 is 1.08 bits per heavy atom. The molecule has 2 aromatic carbocycles. The van der Waals surface area contributed by atoms with Gasteiger partial charge in [-0.1, -0.05) is 11.6 Å². The van der Waals surface area contributed by atoms with Crippen LogP contribution in [0.15, 0.2) is 59.5 Å². The van der Waals surface area contributed by atoms with Gasteiger partial charge in [-0.3, -0.25) is 4.79 Å². The Hall–Kier alpha value is -2.17. The second-order valence-corrected chi connectivity index (χ2v) is 7.47. The number of methoxy groups -OCH3 is 1. The minimum Gasteiger partial charge on any atom is -0.497 e. The molecular formula is C21H20ClNO2S. The van der Waals surface area contributed by atoms with Crippen molar-refractivity contribution in [1.29, 1.82) is 0 Å². The van der Waals surface area contributed by atoms with Gasteiger partial charge in [-0.05, 0) is 68.4 Å². The zero-order chi connectivity index (χ0) is 18.7. The zero-order valence-corrected chi connectivity index (χ0v) is 16.5. The Balaban J connectivity index is 1.79. The van der Waals surface area contributed by atoms with E-state index >= 15 is 0 Å². The number of aryl methyl sites for hydroxylation is 1. The lowest BCUT2D eigenvalue weighted by atomic mass is 10.2. The number of carbonyl (C=O) groups is 1. The van der Waals surface area contributed by atoms with Gasteiger partial charge in [-0.15, -0.1) is 11.8 Å². The molecule has 5 heteroatoms. The van der Waals surface area contributed by atoms with Crippen molar-refractivity contribution in [3.8, 4) is 11.4 Å². The lowest BCUT2D eigenvalue weighted by Crippen LogP contribution is -2.05. The average Bonchev–Trinajstić information content (AvgIpc) is 2.95. The third-order valence-electron chi connectivity index (χ3n) is 4.25. The van der Waals surface area contributed by atoms with Crippen LogP contribution >= 0.6 is 23.4 Å². The highest BCUT2D eigenvalue weighted by molar-refractivity contribution is 8.00. The van der Waals surface area contributed by atoms with Gasteiger partial charge in [0.25, 0.3) is 0 Å². The predicted octanol–water partition coefficient (Wildman–Crippen LogP) is 5.73. The Morgan fingerprint density at radius 3 is 2.35 bits per heavy atom. The molecule has 0 aliphatic rings. The zero-order valence-electron chi connectivity index (χ0n) is 15.0. The van der Waals surface area contributed by atoms with Crippen LogP contribution in [-0.4, -0.2) is 23.2 Å². The molecule has 0 saturated carbocycles. The van der Waals surface area contributed by atoms with E-state index in [0.29, 0.717) is 10.8 Å².